The average molecular weight is 456 g/mol. The molecule has 10 atom stereocenters. The summed E-state index contributed by atoms with van der Waals surface area (Å²) in [5.41, 5.74) is 5.41. The summed E-state index contributed by atoms with van der Waals surface area (Å²) >= 11 is 0. The third kappa shape index (κ3) is 6.72. The highest BCUT2D eigenvalue weighted by Gasteiger charge is 2.52. The summed E-state index contributed by atoms with van der Waals surface area (Å²) < 4.78 is 21.5. The first-order valence-corrected chi connectivity index (χ1v) is 10.1. The summed E-state index contributed by atoms with van der Waals surface area (Å²) in [6.45, 7) is -0.852. The number of rotatable bonds is 11. The van der Waals surface area contributed by atoms with Crippen LogP contribution in [0.2, 0.25) is 0 Å². The van der Waals surface area contributed by atoms with Gasteiger partial charge in [-0.3, -0.25) is 10.1 Å². The molecule has 0 aromatic heterocycles. The number of hydrogen-bond donors (Lipinski definition) is 7. The minimum atomic E-state index is -1.80. The summed E-state index contributed by atoms with van der Waals surface area (Å²) in [6.07, 6.45) is -13.6. The second-order valence-corrected chi connectivity index (χ2v) is 7.56. The highest BCUT2D eigenvalue weighted by molar-refractivity contribution is 4.94. The topological polar surface area (TPSA) is 227 Å². The largest absolute Gasteiger partial charge is 0.394 e. The Morgan fingerprint density at radius 3 is 2.13 bits per heavy atom. The van der Waals surface area contributed by atoms with Gasteiger partial charge in [-0.15, -0.1) is 0 Å². The SMILES string of the molecule is NCCCCCOC1OC(C[N+](=O)[O-])C(OC2OC(CO)C(O)C(O)C2O)C(O)C1O. The Labute approximate surface area is 178 Å². The molecular weight excluding hydrogens is 424 g/mol. The summed E-state index contributed by atoms with van der Waals surface area (Å²) in [6, 6.07) is 0. The predicted molar refractivity (Wildman–Crippen MR) is 100 cm³/mol. The standard InChI is InChI=1S/C17H32N2O12/c18-4-2-1-3-5-28-16-14(25)12(23)15(8(29-16)6-19(26)27)31-17-13(24)11(22)10(21)9(7-20)30-17/h8-17,20-25H,1-7,18H2. The van der Waals surface area contributed by atoms with Crippen LogP contribution < -0.4 is 5.73 Å². The molecule has 0 bridgehead atoms. The number of aliphatic hydroxyl groups is 6. The van der Waals surface area contributed by atoms with Gasteiger partial charge in [0.05, 0.1) is 6.61 Å². The van der Waals surface area contributed by atoms with Gasteiger partial charge >= 0.3 is 0 Å². The number of ether oxygens (including phenoxy) is 4. The van der Waals surface area contributed by atoms with Crippen LogP contribution in [0.25, 0.3) is 0 Å². The van der Waals surface area contributed by atoms with Crippen LogP contribution in [-0.4, -0.2) is 123 Å². The molecule has 2 aliphatic rings. The summed E-state index contributed by atoms with van der Waals surface area (Å²) in [4.78, 5) is 10.4. The van der Waals surface area contributed by atoms with Crippen molar-refractivity contribution in [1.29, 1.82) is 0 Å². The van der Waals surface area contributed by atoms with Crippen molar-refractivity contribution in [2.75, 3.05) is 26.3 Å². The van der Waals surface area contributed by atoms with E-state index >= 15 is 0 Å². The maximum absolute atomic E-state index is 11.1. The first-order valence-electron chi connectivity index (χ1n) is 10.1. The highest BCUT2D eigenvalue weighted by Crippen LogP contribution is 2.29. The van der Waals surface area contributed by atoms with Crippen LogP contribution in [0.4, 0.5) is 0 Å². The van der Waals surface area contributed by atoms with E-state index in [0.717, 1.165) is 12.8 Å². The van der Waals surface area contributed by atoms with Gasteiger partial charge in [0.1, 0.15) is 42.7 Å². The van der Waals surface area contributed by atoms with Crippen molar-refractivity contribution < 1.29 is 54.5 Å². The van der Waals surface area contributed by atoms with Gasteiger partial charge in [-0.2, -0.15) is 0 Å². The molecule has 0 aromatic carbocycles. The normalized spacial score (nSPS) is 41.3. The lowest BCUT2D eigenvalue weighted by molar-refractivity contribution is -0.505. The molecule has 2 fully saturated rings. The van der Waals surface area contributed by atoms with Crippen molar-refractivity contribution in [2.24, 2.45) is 5.73 Å². The van der Waals surface area contributed by atoms with E-state index in [0.29, 0.717) is 13.0 Å². The molecule has 31 heavy (non-hydrogen) atoms. The first kappa shape index (κ1) is 26.2. The minimum absolute atomic E-state index is 0.165. The van der Waals surface area contributed by atoms with Crippen LogP contribution >= 0.6 is 0 Å². The Bertz CT molecular complexity index is 555. The van der Waals surface area contributed by atoms with Crippen molar-refractivity contribution in [3.63, 3.8) is 0 Å². The first-order chi connectivity index (χ1) is 14.7. The zero-order valence-corrected chi connectivity index (χ0v) is 16.9. The Hall–Kier alpha value is -1.04. The zero-order valence-electron chi connectivity index (χ0n) is 16.9. The van der Waals surface area contributed by atoms with E-state index in [1.807, 2.05) is 0 Å². The molecule has 2 aliphatic heterocycles. The van der Waals surface area contributed by atoms with E-state index < -0.39 is 79.5 Å². The Kier molecular flexibility index (Phi) is 10.4. The maximum atomic E-state index is 11.1. The van der Waals surface area contributed by atoms with Crippen LogP contribution in [0.15, 0.2) is 0 Å². The number of hydrogen-bond acceptors (Lipinski definition) is 13. The number of nitro groups is 1. The van der Waals surface area contributed by atoms with Gasteiger partial charge in [-0.1, -0.05) is 0 Å². The fourth-order valence-corrected chi connectivity index (χ4v) is 3.46. The molecule has 8 N–H and O–H groups in total. The van der Waals surface area contributed by atoms with Crippen LogP contribution in [0, 0.1) is 10.1 Å². The maximum Gasteiger partial charge on any atom is 0.232 e. The summed E-state index contributed by atoms with van der Waals surface area (Å²) in [5, 5.41) is 71.0. The van der Waals surface area contributed by atoms with Gasteiger partial charge in [-0.05, 0) is 25.8 Å². The van der Waals surface area contributed by atoms with Gasteiger partial charge in [0.25, 0.3) is 0 Å². The monoisotopic (exact) mass is 456 g/mol. The van der Waals surface area contributed by atoms with E-state index in [9.17, 15) is 40.8 Å². The third-order valence-electron chi connectivity index (χ3n) is 5.24. The lowest BCUT2D eigenvalue weighted by Crippen LogP contribution is -2.65. The smallest absolute Gasteiger partial charge is 0.232 e. The molecule has 0 radical (unpaired) electrons. The molecule has 182 valence electrons. The Morgan fingerprint density at radius 2 is 1.52 bits per heavy atom. The molecule has 0 amide bonds. The second kappa shape index (κ2) is 12.3. The summed E-state index contributed by atoms with van der Waals surface area (Å²) in [7, 11) is 0. The molecule has 0 aromatic rings. The number of nitrogens with zero attached hydrogens (tertiary/aromatic N) is 1. The fraction of sp³-hybridized carbons (Fsp3) is 1.00. The third-order valence-corrected chi connectivity index (χ3v) is 5.24. The van der Waals surface area contributed by atoms with E-state index in [-0.39, 0.29) is 6.61 Å². The number of unbranched alkanes of at least 4 members (excludes halogenated alkanes) is 2. The van der Waals surface area contributed by atoms with E-state index in [2.05, 4.69) is 0 Å². The molecule has 0 saturated carbocycles. The van der Waals surface area contributed by atoms with Gasteiger partial charge in [0, 0.05) is 11.5 Å². The molecule has 0 aliphatic carbocycles. The van der Waals surface area contributed by atoms with E-state index in [1.165, 1.54) is 0 Å². The van der Waals surface area contributed by atoms with Gasteiger partial charge in [-0.25, -0.2) is 0 Å². The molecule has 10 unspecified atom stereocenters. The van der Waals surface area contributed by atoms with Crippen LogP contribution in [0.3, 0.4) is 0 Å². The van der Waals surface area contributed by atoms with E-state index in [1.54, 1.807) is 0 Å². The molecule has 2 saturated heterocycles. The van der Waals surface area contributed by atoms with Crippen LogP contribution in [-0.2, 0) is 18.9 Å². The van der Waals surface area contributed by atoms with Gasteiger partial charge < -0.3 is 55.3 Å². The molecule has 2 heterocycles. The molecule has 0 spiro atoms. The van der Waals surface area contributed by atoms with Gasteiger partial charge in [0.15, 0.2) is 18.7 Å². The molecular formula is C17H32N2O12. The lowest BCUT2D eigenvalue weighted by atomic mass is 9.96. The quantitative estimate of drug-likeness (QED) is 0.0895. The van der Waals surface area contributed by atoms with Crippen molar-refractivity contribution in [1.82, 2.24) is 0 Å². The predicted octanol–water partition coefficient (Wildman–Crippen LogP) is -3.96. The second-order valence-electron chi connectivity index (χ2n) is 7.56. The molecule has 14 heteroatoms. The lowest BCUT2D eigenvalue weighted by Gasteiger charge is -2.45. The highest BCUT2D eigenvalue weighted by atomic mass is 16.7. The molecule has 14 nitrogen and oxygen atoms in total. The number of nitrogens with two attached hydrogens (primary N) is 1. The Balaban J connectivity index is 2.07. The Morgan fingerprint density at radius 1 is 0.871 bits per heavy atom. The van der Waals surface area contributed by atoms with Crippen molar-refractivity contribution >= 4 is 0 Å². The van der Waals surface area contributed by atoms with Crippen LogP contribution in [0.1, 0.15) is 19.3 Å². The average Bonchev–Trinajstić information content (AvgIpc) is 2.73. The molecule has 2 rings (SSSR count). The fourth-order valence-electron chi connectivity index (χ4n) is 3.46. The summed E-state index contributed by atoms with van der Waals surface area (Å²) in [5.74, 6) is 0. The van der Waals surface area contributed by atoms with Crippen molar-refractivity contribution in [3.05, 3.63) is 10.1 Å². The minimum Gasteiger partial charge on any atom is -0.394 e. The zero-order chi connectivity index (χ0) is 23.1. The van der Waals surface area contributed by atoms with Crippen molar-refractivity contribution in [2.45, 2.75) is 80.7 Å². The van der Waals surface area contributed by atoms with Crippen LogP contribution in [0.5, 0.6) is 0 Å². The van der Waals surface area contributed by atoms with Crippen molar-refractivity contribution in [3.8, 4) is 0 Å². The number of aliphatic hydroxyl groups excluding tert-OH is 6. The van der Waals surface area contributed by atoms with Gasteiger partial charge in [0.2, 0.25) is 6.54 Å². The van der Waals surface area contributed by atoms with E-state index in [4.69, 9.17) is 24.7 Å².